The predicted octanol–water partition coefficient (Wildman–Crippen LogP) is 4.88. The Bertz CT molecular complexity index is 1180. The Balaban J connectivity index is 1.44. The Kier molecular flexibility index (Phi) is 6.81. The van der Waals surface area contributed by atoms with Crippen LogP contribution in [-0.4, -0.2) is 29.0 Å². The van der Waals surface area contributed by atoms with Crippen LogP contribution in [0.5, 0.6) is 5.75 Å². The second-order valence-electron chi connectivity index (χ2n) is 6.83. The van der Waals surface area contributed by atoms with Crippen LogP contribution < -0.4 is 10.1 Å². The molecule has 32 heavy (non-hydrogen) atoms. The lowest BCUT2D eigenvalue weighted by atomic mass is 9.98. The molecule has 6 nitrogen and oxygen atoms in total. The molecular formula is C24H20FN3O3S. The van der Waals surface area contributed by atoms with Crippen molar-refractivity contribution in [2.45, 2.75) is 11.3 Å². The van der Waals surface area contributed by atoms with Gasteiger partial charge in [-0.1, -0.05) is 66.4 Å². The minimum atomic E-state index is -0.448. The lowest BCUT2D eigenvalue weighted by Gasteiger charge is -2.20. The molecular weight excluding hydrogens is 429 g/mol. The summed E-state index contributed by atoms with van der Waals surface area (Å²) in [5.74, 6) is 0.232. The first kappa shape index (κ1) is 21.6. The fraction of sp³-hybridized carbons (Fsp3) is 0.125. The SMILES string of the molecule is COc1ccc([C@H](NC(=O)CSc2nnc(-c3ccccc3F)o2)c2ccccc2)cc1. The molecule has 0 fully saturated rings. The molecule has 4 rings (SSSR count). The summed E-state index contributed by atoms with van der Waals surface area (Å²) in [5.41, 5.74) is 2.10. The summed E-state index contributed by atoms with van der Waals surface area (Å²) in [4.78, 5) is 12.7. The van der Waals surface area contributed by atoms with E-state index in [4.69, 9.17) is 9.15 Å². The van der Waals surface area contributed by atoms with E-state index in [9.17, 15) is 9.18 Å². The zero-order valence-electron chi connectivity index (χ0n) is 17.2. The number of nitrogens with one attached hydrogen (secondary N) is 1. The molecule has 0 spiro atoms. The van der Waals surface area contributed by atoms with Crippen molar-refractivity contribution in [2.24, 2.45) is 0 Å². The fourth-order valence-corrected chi connectivity index (χ4v) is 3.72. The van der Waals surface area contributed by atoms with Crippen molar-refractivity contribution < 1.29 is 18.3 Å². The van der Waals surface area contributed by atoms with Crippen LogP contribution in [0.3, 0.4) is 0 Å². The van der Waals surface area contributed by atoms with Gasteiger partial charge >= 0.3 is 0 Å². The van der Waals surface area contributed by atoms with Crippen LogP contribution in [0, 0.1) is 5.82 Å². The molecule has 0 saturated carbocycles. The van der Waals surface area contributed by atoms with Gasteiger partial charge in [0, 0.05) is 0 Å². The van der Waals surface area contributed by atoms with E-state index in [1.165, 1.54) is 6.07 Å². The number of carbonyl (C=O) groups excluding carboxylic acids is 1. The smallest absolute Gasteiger partial charge is 0.277 e. The molecule has 162 valence electrons. The number of amides is 1. The van der Waals surface area contributed by atoms with Gasteiger partial charge in [0.15, 0.2) is 0 Å². The van der Waals surface area contributed by atoms with Gasteiger partial charge in [-0.2, -0.15) is 0 Å². The summed E-state index contributed by atoms with van der Waals surface area (Å²) >= 11 is 1.09. The van der Waals surface area contributed by atoms with E-state index in [1.54, 1.807) is 25.3 Å². The number of carbonyl (C=O) groups is 1. The first-order valence-electron chi connectivity index (χ1n) is 9.83. The summed E-state index contributed by atoms with van der Waals surface area (Å²) in [6.45, 7) is 0. The van der Waals surface area contributed by atoms with Gasteiger partial charge in [0.05, 0.1) is 24.5 Å². The van der Waals surface area contributed by atoms with Crippen molar-refractivity contribution in [3.8, 4) is 17.2 Å². The molecule has 8 heteroatoms. The number of aromatic nitrogens is 2. The number of halogens is 1. The molecule has 0 aliphatic carbocycles. The van der Waals surface area contributed by atoms with Crippen LogP contribution in [0.25, 0.3) is 11.5 Å². The van der Waals surface area contributed by atoms with E-state index < -0.39 is 5.82 Å². The number of methoxy groups -OCH3 is 1. The predicted molar refractivity (Wildman–Crippen MR) is 120 cm³/mol. The summed E-state index contributed by atoms with van der Waals surface area (Å²) in [6, 6.07) is 23.1. The average molecular weight is 450 g/mol. The first-order chi connectivity index (χ1) is 15.6. The monoisotopic (exact) mass is 449 g/mol. The maximum Gasteiger partial charge on any atom is 0.277 e. The van der Waals surface area contributed by atoms with Gasteiger partial charge in [0.2, 0.25) is 5.91 Å². The molecule has 4 aromatic rings. The largest absolute Gasteiger partial charge is 0.497 e. The van der Waals surface area contributed by atoms with E-state index in [2.05, 4.69) is 15.5 Å². The van der Waals surface area contributed by atoms with Gasteiger partial charge in [0.25, 0.3) is 11.1 Å². The molecule has 0 bridgehead atoms. The van der Waals surface area contributed by atoms with Gasteiger partial charge in [-0.15, -0.1) is 10.2 Å². The summed E-state index contributed by atoms with van der Waals surface area (Å²) < 4.78 is 24.6. The Morgan fingerprint density at radius 1 is 1.00 bits per heavy atom. The normalized spacial score (nSPS) is 11.7. The molecule has 1 atom stereocenters. The lowest BCUT2D eigenvalue weighted by molar-refractivity contribution is -0.119. The van der Waals surface area contributed by atoms with Crippen LogP contribution in [0.1, 0.15) is 17.2 Å². The number of thioether (sulfide) groups is 1. The Morgan fingerprint density at radius 2 is 1.69 bits per heavy atom. The van der Waals surface area contributed by atoms with Gasteiger partial charge in [-0.25, -0.2) is 4.39 Å². The third-order valence-corrected chi connectivity index (χ3v) is 5.54. The number of ether oxygens (including phenoxy) is 1. The van der Waals surface area contributed by atoms with Gasteiger partial charge in [-0.05, 0) is 35.4 Å². The molecule has 1 N–H and O–H groups in total. The zero-order chi connectivity index (χ0) is 22.3. The topological polar surface area (TPSA) is 77.2 Å². The third kappa shape index (κ3) is 5.15. The molecule has 0 unspecified atom stereocenters. The highest BCUT2D eigenvalue weighted by atomic mass is 32.2. The van der Waals surface area contributed by atoms with Crippen molar-refractivity contribution in [1.82, 2.24) is 15.5 Å². The number of rotatable bonds is 8. The maximum atomic E-state index is 13.9. The van der Waals surface area contributed by atoms with E-state index in [1.807, 2.05) is 54.6 Å². The third-order valence-electron chi connectivity index (χ3n) is 4.72. The van der Waals surface area contributed by atoms with Crippen molar-refractivity contribution in [1.29, 1.82) is 0 Å². The number of hydrogen-bond donors (Lipinski definition) is 1. The van der Waals surface area contributed by atoms with Gasteiger partial charge in [0.1, 0.15) is 11.6 Å². The second-order valence-corrected chi connectivity index (χ2v) is 7.75. The van der Waals surface area contributed by atoms with E-state index in [0.717, 1.165) is 28.6 Å². The van der Waals surface area contributed by atoms with Crippen LogP contribution in [0.2, 0.25) is 0 Å². The Morgan fingerprint density at radius 3 is 2.41 bits per heavy atom. The van der Waals surface area contributed by atoms with Crippen molar-refractivity contribution in [3.05, 3.63) is 95.8 Å². The van der Waals surface area contributed by atoms with Crippen molar-refractivity contribution in [2.75, 3.05) is 12.9 Å². The van der Waals surface area contributed by atoms with Crippen LogP contribution in [-0.2, 0) is 4.79 Å². The van der Waals surface area contributed by atoms with Crippen molar-refractivity contribution >= 4 is 17.7 Å². The molecule has 0 radical (unpaired) electrons. The summed E-state index contributed by atoms with van der Waals surface area (Å²) in [7, 11) is 1.61. The molecule has 0 aliphatic heterocycles. The zero-order valence-corrected chi connectivity index (χ0v) is 18.0. The standard InChI is InChI=1S/C24H20FN3O3S/c1-30-18-13-11-17(12-14-18)22(16-7-3-2-4-8-16)26-21(29)15-32-24-28-27-23(31-24)19-9-5-6-10-20(19)25/h2-14,22H,15H2,1H3,(H,26,29)/t22-/m1/s1. The second kappa shape index (κ2) is 10.1. The summed E-state index contributed by atoms with van der Waals surface area (Å²) in [6.07, 6.45) is 0. The van der Waals surface area contributed by atoms with Crippen molar-refractivity contribution in [3.63, 3.8) is 0 Å². The molecule has 1 heterocycles. The summed E-state index contributed by atoms with van der Waals surface area (Å²) in [5, 5.41) is 11.0. The molecule has 1 aromatic heterocycles. The fourth-order valence-electron chi connectivity index (χ4n) is 3.14. The quantitative estimate of drug-likeness (QED) is 0.386. The Hall–Kier alpha value is -3.65. The Labute approximate surface area is 188 Å². The van der Waals surface area contributed by atoms with E-state index in [0.29, 0.717) is 0 Å². The highest BCUT2D eigenvalue weighted by molar-refractivity contribution is 7.99. The molecule has 3 aromatic carbocycles. The molecule has 0 saturated heterocycles. The minimum Gasteiger partial charge on any atom is -0.497 e. The highest BCUT2D eigenvalue weighted by Gasteiger charge is 2.19. The maximum absolute atomic E-state index is 13.9. The molecule has 0 aliphatic rings. The van der Waals surface area contributed by atoms with Crippen LogP contribution in [0.4, 0.5) is 4.39 Å². The average Bonchev–Trinajstić information content (AvgIpc) is 3.31. The number of benzene rings is 3. The minimum absolute atomic E-state index is 0.0679. The number of hydrogen-bond acceptors (Lipinski definition) is 6. The van der Waals surface area contributed by atoms with Gasteiger partial charge in [-0.3, -0.25) is 4.79 Å². The number of nitrogens with zero attached hydrogens (tertiary/aromatic N) is 2. The van der Waals surface area contributed by atoms with E-state index >= 15 is 0 Å². The highest BCUT2D eigenvalue weighted by Crippen LogP contribution is 2.27. The van der Waals surface area contributed by atoms with Crippen LogP contribution in [0.15, 0.2) is 88.5 Å². The molecule has 1 amide bonds. The van der Waals surface area contributed by atoms with Crippen LogP contribution >= 0.6 is 11.8 Å². The van der Waals surface area contributed by atoms with Gasteiger partial charge < -0.3 is 14.5 Å². The first-order valence-corrected chi connectivity index (χ1v) is 10.8. The lowest BCUT2D eigenvalue weighted by Crippen LogP contribution is -2.30. The van der Waals surface area contributed by atoms with E-state index in [-0.39, 0.29) is 34.4 Å².